The lowest BCUT2D eigenvalue weighted by molar-refractivity contribution is -0.122. The minimum Gasteiger partial charge on any atom is -0.483 e. The predicted molar refractivity (Wildman–Crippen MR) is 120 cm³/mol. The van der Waals surface area contributed by atoms with Gasteiger partial charge in [0.05, 0.1) is 17.8 Å². The molecular weight excluding hydrogens is 394 g/mol. The van der Waals surface area contributed by atoms with Crippen LogP contribution >= 0.6 is 0 Å². The maximum Gasteiger partial charge on any atom is 0.262 e. The molecule has 3 N–H and O–H groups in total. The third kappa shape index (κ3) is 3.05. The smallest absolute Gasteiger partial charge is 0.262 e. The average molecular weight is 422 g/mol. The zero-order valence-electron chi connectivity index (χ0n) is 18.0. The number of carbonyl (C=O) groups excluding carboxylic acids is 1. The highest BCUT2D eigenvalue weighted by Gasteiger charge is 2.40. The summed E-state index contributed by atoms with van der Waals surface area (Å²) >= 11 is 0. The number of likely N-dealkylation sites (N-methyl/N-ethyl adjacent to an activating group) is 1. The lowest BCUT2D eigenvalue weighted by Crippen LogP contribution is -2.66. The van der Waals surface area contributed by atoms with Gasteiger partial charge in [-0.05, 0) is 37.1 Å². The molecule has 0 aromatic heterocycles. The summed E-state index contributed by atoms with van der Waals surface area (Å²) in [7, 11) is 2.10. The summed E-state index contributed by atoms with van der Waals surface area (Å²) < 4.78 is 6.06. The number of amides is 1. The van der Waals surface area contributed by atoms with Crippen molar-refractivity contribution in [1.29, 1.82) is 0 Å². The molecule has 0 aliphatic carbocycles. The fourth-order valence-electron chi connectivity index (χ4n) is 4.49. The van der Waals surface area contributed by atoms with Gasteiger partial charge in [0, 0.05) is 31.4 Å². The summed E-state index contributed by atoms with van der Waals surface area (Å²) in [4.78, 5) is 16.6. The van der Waals surface area contributed by atoms with Gasteiger partial charge in [0.15, 0.2) is 5.84 Å². The molecule has 1 unspecified atom stereocenters. The number of anilines is 2. The summed E-state index contributed by atoms with van der Waals surface area (Å²) in [5, 5.41) is 17.5. The number of ether oxygens (including phenoxy) is 1. The van der Waals surface area contributed by atoms with Gasteiger partial charge in [0.1, 0.15) is 18.4 Å². The molecule has 5 rings (SSSR count). The minimum atomic E-state index is -0.384. The number of aliphatic hydroxyl groups excluding tert-OH is 1. The second-order valence-electron chi connectivity index (χ2n) is 8.65. The monoisotopic (exact) mass is 421 g/mol. The van der Waals surface area contributed by atoms with Crippen molar-refractivity contribution in [2.24, 2.45) is 5.10 Å². The van der Waals surface area contributed by atoms with Crippen molar-refractivity contribution in [2.45, 2.75) is 32.0 Å². The number of hydrogen-bond acceptors (Lipinski definition) is 7. The third-order valence-electron chi connectivity index (χ3n) is 6.69. The van der Waals surface area contributed by atoms with Crippen LogP contribution < -0.4 is 25.3 Å². The second kappa shape index (κ2) is 7.25. The summed E-state index contributed by atoms with van der Waals surface area (Å²) in [5.74, 6) is 1.25. The van der Waals surface area contributed by atoms with E-state index in [1.807, 2.05) is 42.2 Å². The fourth-order valence-corrected chi connectivity index (χ4v) is 4.49. The quantitative estimate of drug-likeness (QED) is 0.696. The lowest BCUT2D eigenvalue weighted by Gasteiger charge is -2.49. The van der Waals surface area contributed by atoms with Gasteiger partial charge in [-0.1, -0.05) is 24.3 Å². The number of hydrogen-bond donors (Lipinski definition) is 3. The fraction of sp³-hybridized carbons (Fsp3) is 0.391. The number of amidine groups is 1. The molecule has 1 saturated heterocycles. The highest BCUT2D eigenvalue weighted by atomic mass is 16.5. The Hall–Kier alpha value is -3.10. The molecular formula is C23H27N5O3. The van der Waals surface area contributed by atoms with E-state index < -0.39 is 0 Å². The first-order valence-electron chi connectivity index (χ1n) is 10.5. The van der Waals surface area contributed by atoms with Crippen molar-refractivity contribution in [3.8, 4) is 16.9 Å². The van der Waals surface area contributed by atoms with E-state index in [2.05, 4.69) is 40.8 Å². The van der Waals surface area contributed by atoms with Gasteiger partial charge in [-0.3, -0.25) is 4.79 Å². The van der Waals surface area contributed by atoms with Crippen LogP contribution in [0.15, 0.2) is 41.5 Å². The molecule has 1 amide bonds. The van der Waals surface area contributed by atoms with E-state index in [4.69, 9.17) is 4.74 Å². The van der Waals surface area contributed by atoms with Gasteiger partial charge in [-0.15, -0.1) is 0 Å². The van der Waals surface area contributed by atoms with E-state index in [1.165, 1.54) is 0 Å². The molecule has 1 fully saturated rings. The van der Waals surface area contributed by atoms with Gasteiger partial charge < -0.3 is 25.0 Å². The molecule has 31 heavy (non-hydrogen) atoms. The zero-order valence-corrected chi connectivity index (χ0v) is 18.0. The maximum atomic E-state index is 12.3. The van der Waals surface area contributed by atoms with E-state index in [1.54, 1.807) is 0 Å². The Morgan fingerprint density at radius 3 is 2.77 bits per heavy atom. The van der Waals surface area contributed by atoms with E-state index in [-0.39, 0.29) is 30.7 Å². The Balaban J connectivity index is 1.72. The molecule has 2 aromatic rings. The van der Waals surface area contributed by atoms with Crippen LogP contribution in [0.1, 0.15) is 19.4 Å². The standard InChI is InChI=1S/C23H27N5O3/c1-14-22(30)26-25-21-11-31-20-8-17(16-7-5-4-6-15(16)10-29)18(9-19(20)28(14)21)27(3)23(2)12-24-13-23/h4-9,14,24,29H,10-13H2,1-3H3,(H,26,30). The van der Waals surface area contributed by atoms with Gasteiger partial charge in [-0.2, -0.15) is 5.10 Å². The Labute approximate surface area is 181 Å². The molecule has 2 aromatic carbocycles. The number of hydrazone groups is 1. The summed E-state index contributed by atoms with van der Waals surface area (Å²) in [6, 6.07) is 11.6. The lowest BCUT2D eigenvalue weighted by atomic mass is 9.90. The van der Waals surface area contributed by atoms with Crippen molar-refractivity contribution in [2.75, 3.05) is 36.5 Å². The second-order valence-corrected chi connectivity index (χ2v) is 8.65. The van der Waals surface area contributed by atoms with Crippen molar-refractivity contribution in [1.82, 2.24) is 10.7 Å². The number of nitrogens with one attached hydrogen (secondary N) is 2. The van der Waals surface area contributed by atoms with E-state index >= 15 is 0 Å². The zero-order chi connectivity index (χ0) is 21.8. The first-order valence-corrected chi connectivity index (χ1v) is 10.5. The van der Waals surface area contributed by atoms with Crippen LogP contribution in [0.5, 0.6) is 5.75 Å². The predicted octanol–water partition coefficient (Wildman–Crippen LogP) is 1.67. The number of rotatable bonds is 4. The average Bonchev–Trinajstić information content (AvgIpc) is 2.78. The van der Waals surface area contributed by atoms with Crippen molar-refractivity contribution >= 4 is 23.1 Å². The Morgan fingerprint density at radius 1 is 1.29 bits per heavy atom. The Kier molecular flexibility index (Phi) is 4.64. The normalized spacial score (nSPS) is 21.2. The number of nitrogens with zero attached hydrogens (tertiary/aromatic N) is 3. The highest BCUT2D eigenvalue weighted by molar-refractivity contribution is 6.10. The number of aliphatic hydroxyl groups is 1. The van der Waals surface area contributed by atoms with Gasteiger partial charge in [0.25, 0.3) is 5.91 Å². The molecule has 0 saturated carbocycles. The molecule has 1 atom stereocenters. The summed E-state index contributed by atoms with van der Waals surface area (Å²) in [5.41, 5.74) is 7.21. The van der Waals surface area contributed by atoms with E-state index in [0.717, 1.165) is 41.2 Å². The Bertz CT molecular complexity index is 1080. The largest absolute Gasteiger partial charge is 0.483 e. The van der Waals surface area contributed by atoms with Gasteiger partial charge >= 0.3 is 0 Å². The topological polar surface area (TPSA) is 89.4 Å². The third-order valence-corrected chi connectivity index (χ3v) is 6.69. The maximum absolute atomic E-state index is 12.3. The number of fused-ring (bicyclic) bond motifs is 3. The van der Waals surface area contributed by atoms with Crippen LogP contribution in [0.3, 0.4) is 0 Å². The molecule has 0 radical (unpaired) electrons. The molecule has 8 heteroatoms. The van der Waals surface area contributed by atoms with E-state index in [9.17, 15) is 9.90 Å². The van der Waals surface area contributed by atoms with Gasteiger partial charge in [-0.25, -0.2) is 5.43 Å². The van der Waals surface area contributed by atoms with Crippen LogP contribution in [0.2, 0.25) is 0 Å². The van der Waals surface area contributed by atoms with Crippen LogP contribution in [-0.4, -0.2) is 55.2 Å². The first kappa shape index (κ1) is 19.8. The first-order chi connectivity index (χ1) is 14.9. The molecule has 0 spiro atoms. The van der Waals surface area contributed by atoms with E-state index in [0.29, 0.717) is 11.6 Å². The van der Waals surface area contributed by atoms with Crippen molar-refractivity contribution in [3.63, 3.8) is 0 Å². The van der Waals surface area contributed by atoms with Gasteiger partial charge in [0.2, 0.25) is 0 Å². The molecule has 8 nitrogen and oxygen atoms in total. The van der Waals surface area contributed by atoms with Crippen LogP contribution in [-0.2, 0) is 11.4 Å². The highest BCUT2D eigenvalue weighted by Crippen LogP contribution is 2.45. The van der Waals surface area contributed by atoms with Crippen molar-refractivity contribution in [3.05, 3.63) is 42.0 Å². The molecule has 0 bridgehead atoms. The Morgan fingerprint density at radius 2 is 2.06 bits per heavy atom. The van der Waals surface area contributed by atoms with Crippen LogP contribution in [0.25, 0.3) is 11.1 Å². The number of carbonyl (C=O) groups is 1. The SMILES string of the molecule is CC1C(=O)NN=C2COc3cc(-c4ccccc4CO)c(N(C)C4(C)CNC4)cc3N21. The van der Waals surface area contributed by atoms with Crippen LogP contribution in [0.4, 0.5) is 11.4 Å². The number of benzene rings is 2. The van der Waals surface area contributed by atoms with Crippen LogP contribution in [0, 0.1) is 0 Å². The minimum absolute atomic E-state index is 0.0333. The summed E-state index contributed by atoms with van der Waals surface area (Å²) in [6.45, 7) is 6.10. The molecule has 162 valence electrons. The molecule has 3 aliphatic heterocycles. The summed E-state index contributed by atoms with van der Waals surface area (Å²) in [6.07, 6.45) is 0. The van der Waals surface area contributed by atoms with Crippen molar-refractivity contribution < 1.29 is 14.6 Å². The molecule has 3 aliphatic rings. The molecule has 3 heterocycles.